The summed E-state index contributed by atoms with van der Waals surface area (Å²) in [5.74, 6) is -3.01. The Balaban J connectivity index is 2.28. The quantitative estimate of drug-likeness (QED) is 0.739. The average Bonchev–Trinajstić information content (AvgIpc) is 2.27. The van der Waals surface area contributed by atoms with E-state index in [0.717, 1.165) is 19.3 Å². The molecule has 1 rings (SSSR count). The van der Waals surface area contributed by atoms with Gasteiger partial charge in [0.25, 0.3) is 5.92 Å². The molecular weight excluding hydrogens is 204 g/mol. The van der Waals surface area contributed by atoms with Crippen LogP contribution in [0.25, 0.3) is 0 Å². The van der Waals surface area contributed by atoms with Crippen molar-refractivity contribution >= 4 is 6.03 Å². The first kappa shape index (κ1) is 12.2. The number of nitrogens with one attached hydrogen (secondary N) is 1. The van der Waals surface area contributed by atoms with Gasteiger partial charge < -0.3 is 16.0 Å². The van der Waals surface area contributed by atoms with E-state index < -0.39 is 25.0 Å². The lowest BCUT2D eigenvalue weighted by Gasteiger charge is -2.27. The van der Waals surface area contributed by atoms with Gasteiger partial charge in [0, 0.05) is 13.1 Å². The highest BCUT2D eigenvalue weighted by molar-refractivity contribution is 5.74. The first-order valence-electron chi connectivity index (χ1n) is 5.16. The highest BCUT2D eigenvalue weighted by Crippen LogP contribution is 2.11. The molecule has 1 saturated heterocycles. The third-order valence-electron chi connectivity index (χ3n) is 2.44. The first-order valence-corrected chi connectivity index (χ1v) is 5.16. The number of amides is 2. The fourth-order valence-corrected chi connectivity index (χ4v) is 1.49. The number of nitrogens with two attached hydrogens (primary N) is 1. The lowest BCUT2D eigenvalue weighted by Crippen LogP contribution is -2.48. The number of rotatable bonds is 3. The van der Waals surface area contributed by atoms with Crippen LogP contribution >= 0.6 is 0 Å². The second-order valence-corrected chi connectivity index (χ2v) is 3.77. The van der Waals surface area contributed by atoms with Crippen molar-refractivity contribution in [1.82, 2.24) is 10.2 Å². The minimum atomic E-state index is -3.01. The molecule has 0 aromatic heterocycles. The van der Waals surface area contributed by atoms with Gasteiger partial charge in [0.05, 0.1) is 13.1 Å². The molecule has 0 bridgehead atoms. The van der Waals surface area contributed by atoms with E-state index in [-0.39, 0.29) is 0 Å². The van der Waals surface area contributed by atoms with Crippen molar-refractivity contribution < 1.29 is 13.6 Å². The summed E-state index contributed by atoms with van der Waals surface area (Å²) < 4.78 is 25.4. The smallest absolute Gasteiger partial charge is 0.317 e. The van der Waals surface area contributed by atoms with Crippen LogP contribution < -0.4 is 11.1 Å². The number of halogens is 2. The summed E-state index contributed by atoms with van der Waals surface area (Å²) in [4.78, 5) is 13.0. The molecule has 0 saturated carbocycles. The summed E-state index contributed by atoms with van der Waals surface area (Å²) in [6.45, 7) is -0.119. The minimum absolute atomic E-state index is 0.414. The zero-order chi connectivity index (χ0) is 11.3. The normalized spacial score (nSPS) is 17.7. The predicted octanol–water partition coefficient (Wildman–Crippen LogP) is 0.776. The molecule has 0 aliphatic carbocycles. The number of urea groups is 1. The highest BCUT2D eigenvalue weighted by atomic mass is 19.3. The summed E-state index contributed by atoms with van der Waals surface area (Å²) >= 11 is 0. The molecule has 1 heterocycles. The number of hydrogen-bond acceptors (Lipinski definition) is 2. The van der Waals surface area contributed by atoms with Crippen LogP contribution in [0.4, 0.5) is 13.6 Å². The summed E-state index contributed by atoms with van der Waals surface area (Å²) in [6, 6.07) is -0.414. The maximum atomic E-state index is 12.7. The molecule has 1 aliphatic rings. The summed E-state index contributed by atoms with van der Waals surface area (Å²) in [7, 11) is 0. The SMILES string of the molecule is NCC(F)(F)CNC(=O)N1CCCCC1. The molecule has 0 unspecified atom stereocenters. The van der Waals surface area contributed by atoms with Gasteiger partial charge in [0.1, 0.15) is 0 Å². The van der Waals surface area contributed by atoms with Crippen LogP contribution in [0.15, 0.2) is 0 Å². The lowest BCUT2D eigenvalue weighted by atomic mass is 10.1. The molecule has 0 aromatic carbocycles. The fourth-order valence-electron chi connectivity index (χ4n) is 1.49. The maximum Gasteiger partial charge on any atom is 0.317 e. The van der Waals surface area contributed by atoms with E-state index in [0.29, 0.717) is 13.1 Å². The molecule has 0 spiro atoms. The van der Waals surface area contributed by atoms with Gasteiger partial charge in [-0.3, -0.25) is 0 Å². The van der Waals surface area contributed by atoms with Crippen molar-refractivity contribution in [1.29, 1.82) is 0 Å². The largest absolute Gasteiger partial charge is 0.332 e. The summed E-state index contributed by atoms with van der Waals surface area (Å²) in [6.07, 6.45) is 2.99. The van der Waals surface area contributed by atoms with Crippen molar-refractivity contribution in [3.05, 3.63) is 0 Å². The third kappa shape index (κ3) is 3.99. The molecule has 15 heavy (non-hydrogen) atoms. The monoisotopic (exact) mass is 221 g/mol. The van der Waals surface area contributed by atoms with Gasteiger partial charge in [-0.25, -0.2) is 13.6 Å². The van der Waals surface area contributed by atoms with E-state index >= 15 is 0 Å². The summed E-state index contributed by atoms with van der Waals surface area (Å²) in [5.41, 5.74) is 4.86. The van der Waals surface area contributed by atoms with Crippen molar-refractivity contribution in [3.63, 3.8) is 0 Å². The van der Waals surface area contributed by atoms with Gasteiger partial charge in [-0.15, -0.1) is 0 Å². The molecule has 0 aromatic rings. The molecule has 1 fully saturated rings. The number of hydrogen-bond donors (Lipinski definition) is 2. The van der Waals surface area contributed by atoms with Gasteiger partial charge in [-0.05, 0) is 19.3 Å². The molecule has 88 valence electrons. The minimum Gasteiger partial charge on any atom is -0.332 e. The van der Waals surface area contributed by atoms with Crippen LogP contribution in [0.5, 0.6) is 0 Å². The predicted molar refractivity (Wildman–Crippen MR) is 52.8 cm³/mol. The Kier molecular flexibility index (Phi) is 4.26. The van der Waals surface area contributed by atoms with Gasteiger partial charge in [-0.1, -0.05) is 0 Å². The van der Waals surface area contributed by atoms with Crippen LogP contribution in [0.3, 0.4) is 0 Å². The van der Waals surface area contributed by atoms with E-state index in [4.69, 9.17) is 5.73 Å². The molecule has 3 N–H and O–H groups in total. The van der Waals surface area contributed by atoms with Crippen LogP contribution in [0.1, 0.15) is 19.3 Å². The van der Waals surface area contributed by atoms with E-state index in [1.54, 1.807) is 4.90 Å². The Morgan fingerprint density at radius 3 is 2.47 bits per heavy atom. The van der Waals surface area contributed by atoms with Gasteiger partial charge in [-0.2, -0.15) is 0 Å². The number of alkyl halides is 2. The van der Waals surface area contributed by atoms with Crippen LogP contribution in [0, 0.1) is 0 Å². The number of nitrogens with zero attached hydrogens (tertiary/aromatic N) is 1. The Morgan fingerprint density at radius 1 is 1.33 bits per heavy atom. The molecule has 6 heteroatoms. The highest BCUT2D eigenvalue weighted by Gasteiger charge is 2.28. The number of piperidine rings is 1. The number of carbonyl (C=O) groups is 1. The van der Waals surface area contributed by atoms with E-state index in [1.807, 2.05) is 0 Å². The third-order valence-corrected chi connectivity index (χ3v) is 2.44. The molecular formula is C9H17F2N3O. The summed E-state index contributed by atoms with van der Waals surface area (Å²) in [5, 5.41) is 2.20. The Morgan fingerprint density at radius 2 is 1.93 bits per heavy atom. The Hall–Kier alpha value is -0.910. The van der Waals surface area contributed by atoms with Gasteiger partial charge in [0.2, 0.25) is 0 Å². The molecule has 0 radical (unpaired) electrons. The molecule has 0 atom stereocenters. The van der Waals surface area contributed by atoms with Gasteiger partial charge >= 0.3 is 6.03 Å². The second kappa shape index (κ2) is 5.25. The van der Waals surface area contributed by atoms with Crippen LogP contribution in [-0.4, -0.2) is 43.0 Å². The van der Waals surface area contributed by atoms with Crippen molar-refractivity contribution in [3.8, 4) is 0 Å². The average molecular weight is 221 g/mol. The van der Waals surface area contributed by atoms with Crippen molar-refractivity contribution in [2.45, 2.75) is 25.2 Å². The van der Waals surface area contributed by atoms with Crippen molar-refractivity contribution in [2.24, 2.45) is 5.73 Å². The number of likely N-dealkylation sites (tertiary alicyclic amines) is 1. The molecule has 4 nitrogen and oxygen atoms in total. The lowest BCUT2D eigenvalue weighted by molar-refractivity contribution is 0.0130. The zero-order valence-corrected chi connectivity index (χ0v) is 8.64. The topological polar surface area (TPSA) is 58.4 Å². The van der Waals surface area contributed by atoms with Crippen LogP contribution in [-0.2, 0) is 0 Å². The standard InChI is InChI=1S/C9H17F2N3O/c10-9(11,6-12)7-13-8(15)14-4-2-1-3-5-14/h1-7,12H2,(H,13,15). The molecule has 1 aliphatic heterocycles. The maximum absolute atomic E-state index is 12.7. The number of carbonyl (C=O) groups excluding carboxylic acids is 1. The van der Waals surface area contributed by atoms with E-state index in [1.165, 1.54) is 0 Å². The fraction of sp³-hybridized carbons (Fsp3) is 0.889. The van der Waals surface area contributed by atoms with E-state index in [2.05, 4.69) is 5.32 Å². The van der Waals surface area contributed by atoms with Crippen molar-refractivity contribution in [2.75, 3.05) is 26.2 Å². The Labute approximate surface area is 87.8 Å². The molecule has 2 amide bonds. The van der Waals surface area contributed by atoms with E-state index in [9.17, 15) is 13.6 Å². The van der Waals surface area contributed by atoms with Crippen LogP contribution in [0.2, 0.25) is 0 Å². The second-order valence-electron chi connectivity index (χ2n) is 3.77. The van der Waals surface area contributed by atoms with Gasteiger partial charge in [0.15, 0.2) is 0 Å². The first-order chi connectivity index (χ1) is 7.05. The Bertz CT molecular complexity index is 217. The zero-order valence-electron chi connectivity index (χ0n) is 8.64.